The Morgan fingerprint density at radius 1 is 1.42 bits per heavy atom. The molecule has 0 atom stereocenters. The maximum absolute atomic E-state index is 12.4. The van der Waals surface area contributed by atoms with E-state index in [1.54, 1.807) is 26.1 Å². The van der Waals surface area contributed by atoms with E-state index in [9.17, 15) is 8.42 Å². The average molecular weight is 281 g/mol. The van der Waals surface area contributed by atoms with Crippen LogP contribution in [0.4, 0.5) is 5.69 Å². The quantitative estimate of drug-likeness (QED) is 0.762. The summed E-state index contributed by atoms with van der Waals surface area (Å²) in [6.45, 7) is 3.48. The number of aromatic nitrogens is 3. The number of nitrogens with two attached hydrogens (primary N) is 1. The van der Waals surface area contributed by atoms with Gasteiger partial charge in [0.2, 0.25) is 0 Å². The first-order valence-corrected chi connectivity index (χ1v) is 7.11. The minimum atomic E-state index is -3.73. The predicted molar refractivity (Wildman–Crippen MR) is 71.0 cm³/mol. The van der Waals surface area contributed by atoms with Crippen molar-refractivity contribution in [3.63, 3.8) is 0 Å². The molecule has 102 valence electrons. The lowest BCUT2D eigenvalue weighted by Gasteiger charge is -2.10. The van der Waals surface area contributed by atoms with E-state index in [1.807, 2.05) is 0 Å². The molecule has 0 saturated carbocycles. The number of nitrogens with one attached hydrogen (secondary N) is 2. The molecular weight excluding hydrogens is 266 g/mol. The van der Waals surface area contributed by atoms with Crippen LogP contribution in [0.5, 0.6) is 0 Å². The minimum Gasteiger partial charge on any atom is -0.325 e. The highest BCUT2D eigenvalue weighted by Crippen LogP contribution is 2.22. The predicted octanol–water partition coefficient (Wildman–Crippen LogP) is 0.681. The zero-order valence-corrected chi connectivity index (χ0v) is 11.5. The fourth-order valence-corrected chi connectivity index (χ4v) is 3.22. The van der Waals surface area contributed by atoms with Crippen molar-refractivity contribution in [3.8, 4) is 0 Å². The van der Waals surface area contributed by atoms with Gasteiger partial charge in [-0.2, -0.15) is 5.10 Å². The molecule has 19 heavy (non-hydrogen) atoms. The van der Waals surface area contributed by atoms with Crippen molar-refractivity contribution >= 4 is 15.7 Å². The van der Waals surface area contributed by atoms with Gasteiger partial charge in [-0.25, -0.2) is 8.42 Å². The Hall–Kier alpha value is -1.93. The Morgan fingerprint density at radius 2 is 2.16 bits per heavy atom. The van der Waals surface area contributed by atoms with Crippen molar-refractivity contribution in [2.24, 2.45) is 5.73 Å². The number of hydrogen-bond donors (Lipinski definition) is 3. The second kappa shape index (κ2) is 4.98. The number of rotatable bonds is 4. The molecule has 0 aliphatic heterocycles. The van der Waals surface area contributed by atoms with Gasteiger partial charge in [-0.1, -0.05) is 0 Å². The third-order valence-electron chi connectivity index (χ3n) is 2.71. The van der Waals surface area contributed by atoms with Crippen LogP contribution in [-0.4, -0.2) is 23.6 Å². The zero-order chi connectivity index (χ0) is 14.0. The lowest BCUT2D eigenvalue weighted by molar-refractivity contribution is 0.599. The van der Waals surface area contributed by atoms with E-state index in [0.29, 0.717) is 17.1 Å². The summed E-state index contributed by atoms with van der Waals surface area (Å²) in [7, 11) is -3.73. The normalized spacial score (nSPS) is 11.5. The molecule has 0 radical (unpaired) electrons. The zero-order valence-electron chi connectivity index (χ0n) is 10.6. The topological polar surface area (TPSA) is 114 Å². The number of nitrogens with zero attached hydrogens (tertiary/aromatic N) is 2. The third kappa shape index (κ3) is 2.59. The smallest absolute Gasteiger partial charge is 0.265 e. The van der Waals surface area contributed by atoms with Gasteiger partial charge >= 0.3 is 0 Å². The van der Waals surface area contributed by atoms with Gasteiger partial charge < -0.3 is 5.73 Å². The van der Waals surface area contributed by atoms with Crippen LogP contribution >= 0.6 is 0 Å². The van der Waals surface area contributed by atoms with Crippen molar-refractivity contribution in [1.29, 1.82) is 0 Å². The van der Waals surface area contributed by atoms with Crippen LogP contribution in [0.25, 0.3) is 0 Å². The SMILES string of the molecule is Cc1ccncc1NS(=O)(=O)c1c(CN)n[nH]c1C. The fourth-order valence-electron chi connectivity index (χ4n) is 1.73. The fraction of sp³-hybridized carbons (Fsp3) is 0.273. The standard InChI is InChI=1S/C11H15N5O2S/c1-7-3-4-13-6-10(7)16-19(17,18)11-8(2)14-15-9(11)5-12/h3-4,6,16H,5,12H2,1-2H3,(H,14,15). The molecule has 0 saturated heterocycles. The highest BCUT2D eigenvalue weighted by Gasteiger charge is 2.24. The lowest BCUT2D eigenvalue weighted by atomic mass is 10.3. The van der Waals surface area contributed by atoms with Gasteiger partial charge in [-0.05, 0) is 25.5 Å². The highest BCUT2D eigenvalue weighted by atomic mass is 32.2. The summed E-state index contributed by atoms with van der Waals surface area (Å²) < 4.78 is 27.2. The van der Waals surface area contributed by atoms with Gasteiger partial charge in [0.1, 0.15) is 4.90 Å². The monoisotopic (exact) mass is 281 g/mol. The van der Waals surface area contributed by atoms with E-state index < -0.39 is 10.0 Å². The Bertz CT molecular complexity index is 693. The molecule has 0 aromatic carbocycles. The summed E-state index contributed by atoms with van der Waals surface area (Å²) in [6.07, 6.45) is 3.06. The molecule has 2 aromatic heterocycles. The summed E-state index contributed by atoms with van der Waals surface area (Å²) in [4.78, 5) is 4.00. The average Bonchev–Trinajstić information content (AvgIpc) is 2.74. The van der Waals surface area contributed by atoms with E-state index >= 15 is 0 Å². The van der Waals surface area contributed by atoms with Crippen LogP contribution in [-0.2, 0) is 16.6 Å². The number of aromatic amines is 1. The summed E-state index contributed by atoms with van der Waals surface area (Å²) in [5.74, 6) is 0. The summed E-state index contributed by atoms with van der Waals surface area (Å²) in [5, 5.41) is 6.51. The van der Waals surface area contributed by atoms with Gasteiger partial charge in [0.15, 0.2) is 0 Å². The van der Waals surface area contributed by atoms with Crippen LogP contribution in [0.3, 0.4) is 0 Å². The summed E-state index contributed by atoms with van der Waals surface area (Å²) >= 11 is 0. The number of anilines is 1. The molecule has 4 N–H and O–H groups in total. The first-order valence-electron chi connectivity index (χ1n) is 5.63. The van der Waals surface area contributed by atoms with Crippen molar-refractivity contribution in [1.82, 2.24) is 15.2 Å². The largest absolute Gasteiger partial charge is 0.325 e. The van der Waals surface area contributed by atoms with E-state index in [2.05, 4.69) is 19.9 Å². The van der Waals surface area contributed by atoms with Gasteiger partial charge in [0, 0.05) is 12.7 Å². The van der Waals surface area contributed by atoms with Crippen molar-refractivity contribution < 1.29 is 8.42 Å². The Morgan fingerprint density at radius 3 is 2.79 bits per heavy atom. The van der Waals surface area contributed by atoms with Crippen LogP contribution in [0.15, 0.2) is 23.4 Å². The van der Waals surface area contributed by atoms with Gasteiger partial charge in [-0.15, -0.1) is 0 Å². The third-order valence-corrected chi connectivity index (χ3v) is 4.27. The summed E-state index contributed by atoms with van der Waals surface area (Å²) in [6, 6.07) is 1.73. The van der Waals surface area contributed by atoms with Crippen molar-refractivity contribution in [2.45, 2.75) is 25.3 Å². The number of aryl methyl sites for hydroxylation is 2. The maximum Gasteiger partial charge on any atom is 0.265 e. The number of H-pyrrole nitrogens is 1. The van der Waals surface area contributed by atoms with Crippen LogP contribution < -0.4 is 10.5 Å². The van der Waals surface area contributed by atoms with E-state index in [-0.39, 0.29) is 11.4 Å². The van der Waals surface area contributed by atoms with Crippen LogP contribution in [0, 0.1) is 13.8 Å². The van der Waals surface area contributed by atoms with Gasteiger partial charge in [-0.3, -0.25) is 14.8 Å². The Balaban J connectivity index is 2.44. The molecule has 0 aliphatic rings. The molecule has 0 amide bonds. The number of pyridine rings is 1. The van der Waals surface area contributed by atoms with Gasteiger partial charge in [0.25, 0.3) is 10.0 Å². The van der Waals surface area contributed by atoms with Crippen LogP contribution in [0.2, 0.25) is 0 Å². The molecule has 0 bridgehead atoms. The maximum atomic E-state index is 12.4. The highest BCUT2D eigenvalue weighted by molar-refractivity contribution is 7.92. The number of hydrogen-bond acceptors (Lipinski definition) is 5. The van der Waals surface area contributed by atoms with E-state index in [0.717, 1.165) is 5.56 Å². The molecule has 7 nitrogen and oxygen atoms in total. The summed E-state index contributed by atoms with van der Waals surface area (Å²) in [5.41, 5.74) is 7.48. The molecule has 0 aliphatic carbocycles. The molecule has 0 fully saturated rings. The van der Waals surface area contributed by atoms with E-state index in [4.69, 9.17) is 5.73 Å². The molecule has 2 heterocycles. The number of sulfonamides is 1. The molecule has 8 heteroatoms. The van der Waals surface area contributed by atoms with Crippen molar-refractivity contribution in [2.75, 3.05) is 4.72 Å². The lowest BCUT2D eigenvalue weighted by Crippen LogP contribution is -2.17. The van der Waals surface area contributed by atoms with E-state index in [1.165, 1.54) is 6.20 Å². The van der Waals surface area contributed by atoms with Gasteiger partial charge in [0.05, 0.1) is 23.3 Å². The first kappa shape index (κ1) is 13.5. The molecule has 0 spiro atoms. The molecule has 2 rings (SSSR count). The molecule has 2 aromatic rings. The van der Waals surface area contributed by atoms with Crippen molar-refractivity contribution in [3.05, 3.63) is 35.4 Å². The molecular formula is C11H15N5O2S. The van der Waals surface area contributed by atoms with Crippen LogP contribution in [0.1, 0.15) is 17.0 Å². The second-order valence-corrected chi connectivity index (χ2v) is 5.74. The molecule has 0 unspecified atom stereocenters. The minimum absolute atomic E-state index is 0.0482. The Labute approximate surface area is 111 Å². The Kier molecular flexibility index (Phi) is 3.54. The first-order chi connectivity index (χ1) is 8.95. The second-order valence-electron chi connectivity index (χ2n) is 4.12.